The van der Waals surface area contributed by atoms with Crippen molar-refractivity contribution in [3.8, 4) is 0 Å². The molecule has 0 saturated carbocycles. The summed E-state index contributed by atoms with van der Waals surface area (Å²) in [4.78, 5) is 6.95. The SMILES string of the molecule is CCS(=O)(=O)n1c(C(F)(F)C(F)(F)F)nc2c1=CC(C)N(C1=N[N]C=N1)N=2. The van der Waals surface area contributed by atoms with E-state index >= 15 is 0 Å². The fourth-order valence-electron chi connectivity index (χ4n) is 2.36. The van der Waals surface area contributed by atoms with Crippen molar-refractivity contribution in [1.29, 1.82) is 0 Å². The Hall–Kier alpha value is -2.58. The molecule has 27 heavy (non-hydrogen) atoms. The number of imidazole rings is 1. The van der Waals surface area contributed by atoms with Gasteiger partial charge in [-0.25, -0.2) is 22.4 Å². The molecule has 0 aliphatic carbocycles. The van der Waals surface area contributed by atoms with Gasteiger partial charge in [0.15, 0.2) is 5.49 Å². The van der Waals surface area contributed by atoms with Crippen molar-refractivity contribution in [3.05, 3.63) is 16.7 Å². The Bertz CT molecular complexity index is 1060. The average Bonchev–Trinajstić information content (AvgIpc) is 3.20. The van der Waals surface area contributed by atoms with Crippen LogP contribution in [0, 0.1) is 0 Å². The molecule has 9 nitrogen and oxygen atoms in total. The van der Waals surface area contributed by atoms with Crippen LogP contribution in [0.4, 0.5) is 22.0 Å². The summed E-state index contributed by atoms with van der Waals surface area (Å²) in [5, 5.41) is 8.03. The number of alkyl halides is 5. The zero-order valence-corrected chi connectivity index (χ0v) is 14.5. The summed E-state index contributed by atoms with van der Waals surface area (Å²) in [5.74, 6) is -8.26. The van der Waals surface area contributed by atoms with Crippen molar-refractivity contribution in [2.75, 3.05) is 5.75 Å². The van der Waals surface area contributed by atoms with Crippen LogP contribution in [0.3, 0.4) is 0 Å². The predicted octanol–water partition coefficient (Wildman–Crippen LogP) is -0.328. The average molecular weight is 412 g/mol. The van der Waals surface area contributed by atoms with Gasteiger partial charge in [0.2, 0.25) is 15.8 Å². The van der Waals surface area contributed by atoms with Crippen LogP contribution >= 0.6 is 0 Å². The fraction of sp³-hybridized carbons (Fsp3) is 0.500. The van der Waals surface area contributed by atoms with Gasteiger partial charge in [-0.05, 0) is 19.9 Å². The Morgan fingerprint density at radius 3 is 2.41 bits per heavy atom. The smallest absolute Gasteiger partial charge is 0.221 e. The van der Waals surface area contributed by atoms with Gasteiger partial charge >= 0.3 is 12.1 Å². The number of rotatable bonds is 3. The van der Waals surface area contributed by atoms with Crippen LogP contribution in [-0.4, -0.2) is 52.7 Å². The maximum atomic E-state index is 14.0. The standard InChI is InChI=1S/C12H11F5N7O2S/c1-3-27(25,26)24-7-4-6(2)23(10-18-5-19-21-10)22-8(7)20-9(24)11(13,14)12(15,16)17/h4-6H,3H2,1-2H3. The minimum atomic E-state index is -6.05. The van der Waals surface area contributed by atoms with Gasteiger partial charge in [-0.2, -0.15) is 26.9 Å². The number of aliphatic imine (C=N–C) groups is 1. The Morgan fingerprint density at radius 1 is 1.22 bits per heavy atom. The molecule has 1 radical (unpaired) electrons. The van der Waals surface area contributed by atoms with E-state index in [-0.39, 0.29) is 9.93 Å². The molecule has 15 heteroatoms. The molecule has 3 rings (SSSR count). The number of halogens is 5. The maximum absolute atomic E-state index is 14.0. The maximum Gasteiger partial charge on any atom is 0.461 e. The van der Waals surface area contributed by atoms with Gasteiger partial charge in [-0.3, -0.25) is 0 Å². The number of hydrogen-bond acceptors (Lipinski definition) is 7. The summed E-state index contributed by atoms with van der Waals surface area (Å²) in [6, 6.07) is -0.767. The van der Waals surface area contributed by atoms with Crippen LogP contribution in [0.1, 0.15) is 19.7 Å². The van der Waals surface area contributed by atoms with Gasteiger partial charge in [0.25, 0.3) is 5.96 Å². The molecular formula is C12H11F5N7O2S. The lowest BCUT2D eigenvalue weighted by Gasteiger charge is -2.22. The van der Waals surface area contributed by atoms with E-state index in [1.807, 2.05) is 0 Å². The van der Waals surface area contributed by atoms with Crippen LogP contribution in [0.25, 0.3) is 6.08 Å². The molecule has 0 amide bonds. The third kappa shape index (κ3) is 2.94. The first-order chi connectivity index (χ1) is 12.4. The highest BCUT2D eigenvalue weighted by Crippen LogP contribution is 2.42. The van der Waals surface area contributed by atoms with Crippen molar-refractivity contribution in [1.82, 2.24) is 19.4 Å². The van der Waals surface area contributed by atoms with Crippen molar-refractivity contribution < 1.29 is 30.4 Å². The highest BCUT2D eigenvalue weighted by Gasteiger charge is 2.62. The molecule has 0 aromatic carbocycles. The van der Waals surface area contributed by atoms with Crippen LogP contribution in [0.2, 0.25) is 0 Å². The molecule has 2 aliphatic rings. The van der Waals surface area contributed by atoms with Gasteiger partial charge in [0.1, 0.15) is 11.7 Å². The second-order valence-corrected chi connectivity index (χ2v) is 7.60. The highest BCUT2D eigenvalue weighted by molar-refractivity contribution is 7.89. The lowest BCUT2D eigenvalue weighted by atomic mass is 10.3. The molecular weight excluding hydrogens is 401 g/mol. The molecule has 0 N–H and O–H groups in total. The molecule has 0 fully saturated rings. The monoisotopic (exact) mass is 412 g/mol. The summed E-state index contributed by atoms with van der Waals surface area (Å²) in [6.45, 7) is 2.59. The quantitative estimate of drug-likeness (QED) is 0.634. The molecule has 147 valence electrons. The van der Waals surface area contributed by atoms with Crippen LogP contribution in [0.5, 0.6) is 0 Å². The summed E-state index contributed by atoms with van der Waals surface area (Å²) >= 11 is 0. The first-order valence-electron chi connectivity index (χ1n) is 7.37. The zero-order chi connectivity index (χ0) is 20.2. The normalized spacial score (nSPS) is 19.9. The van der Waals surface area contributed by atoms with E-state index in [1.54, 1.807) is 0 Å². The molecule has 2 aliphatic heterocycles. The Kier molecular flexibility index (Phi) is 4.24. The zero-order valence-electron chi connectivity index (χ0n) is 13.7. The number of guanidine groups is 1. The molecule has 3 heterocycles. The molecule has 1 aromatic heterocycles. The molecule has 0 bridgehead atoms. The summed E-state index contributed by atoms with van der Waals surface area (Å²) < 4.78 is 90.9. The third-order valence-corrected chi connectivity index (χ3v) is 5.35. The Labute approximate surface area is 148 Å². The summed E-state index contributed by atoms with van der Waals surface area (Å²) in [7, 11) is -4.54. The van der Waals surface area contributed by atoms with Gasteiger partial charge in [-0.15, -0.1) is 15.6 Å². The minimum absolute atomic E-state index is 0.0542. The second-order valence-electron chi connectivity index (χ2n) is 5.49. The lowest BCUT2D eigenvalue weighted by molar-refractivity contribution is -0.292. The molecule has 0 spiro atoms. The molecule has 1 aromatic rings. The van der Waals surface area contributed by atoms with E-state index in [0.29, 0.717) is 0 Å². The first kappa shape index (κ1) is 19.2. The van der Waals surface area contributed by atoms with Crippen LogP contribution in [-0.2, 0) is 15.9 Å². The number of nitrogens with zero attached hydrogens (tertiary/aromatic N) is 7. The number of fused-ring (bicyclic) bond motifs is 1. The highest BCUT2D eigenvalue weighted by atomic mass is 32.2. The molecule has 1 atom stereocenters. The minimum Gasteiger partial charge on any atom is -0.221 e. The third-order valence-electron chi connectivity index (χ3n) is 3.70. The van der Waals surface area contributed by atoms with E-state index in [0.717, 1.165) is 24.3 Å². The predicted molar refractivity (Wildman–Crippen MR) is 81.6 cm³/mol. The molecule has 1 unspecified atom stereocenters. The van der Waals surface area contributed by atoms with Crippen molar-refractivity contribution in [3.63, 3.8) is 0 Å². The van der Waals surface area contributed by atoms with Gasteiger partial charge in [-0.1, -0.05) is 0 Å². The van der Waals surface area contributed by atoms with Crippen molar-refractivity contribution in [2.45, 2.75) is 32.0 Å². The van der Waals surface area contributed by atoms with Crippen molar-refractivity contribution in [2.24, 2.45) is 15.2 Å². The van der Waals surface area contributed by atoms with Gasteiger partial charge in [0, 0.05) is 0 Å². The van der Waals surface area contributed by atoms with E-state index in [1.165, 1.54) is 6.92 Å². The topological polar surface area (TPSA) is 106 Å². The van der Waals surface area contributed by atoms with Crippen LogP contribution < -0.4 is 16.3 Å². The summed E-state index contributed by atoms with van der Waals surface area (Å²) in [6.07, 6.45) is -3.84. The van der Waals surface area contributed by atoms with E-state index in [4.69, 9.17) is 0 Å². The Balaban J connectivity index is 2.34. The van der Waals surface area contributed by atoms with Gasteiger partial charge < -0.3 is 0 Å². The number of aromatic nitrogens is 2. The largest absolute Gasteiger partial charge is 0.461 e. The summed E-state index contributed by atoms with van der Waals surface area (Å²) in [5.41, 5.74) is 2.84. The fourth-order valence-corrected chi connectivity index (χ4v) is 3.48. The number of hydrogen-bond donors (Lipinski definition) is 0. The van der Waals surface area contributed by atoms with Gasteiger partial charge in [0.05, 0.1) is 11.8 Å². The Morgan fingerprint density at radius 2 is 1.89 bits per heavy atom. The first-order valence-corrected chi connectivity index (χ1v) is 8.98. The lowest BCUT2D eigenvalue weighted by Crippen LogP contribution is -2.46. The van der Waals surface area contributed by atoms with Crippen LogP contribution in [0.15, 0.2) is 15.2 Å². The second kappa shape index (κ2) is 5.97. The van der Waals surface area contributed by atoms with E-state index < -0.39 is 50.6 Å². The van der Waals surface area contributed by atoms with E-state index in [9.17, 15) is 30.4 Å². The molecule has 0 saturated heterocycles. The van der Waals surface area contributed by atoms with Crippen molar-refractivity contribution >= 4 is 28.4 Å². The van der Waals surface area contributed by atoms with E-state index in [2.05, 4.69) is 25.6 Å².